The zero-order valence-electron chi connectivity index (χ0n) is 31.7. The molecule has 3 nitrogen and oxygen atoms in total. The molecule has 7 heterocycles. The molecule has 2 aliphatic heterocycles. The zero-order valence-corrected chi connectivity index (χ0v) is 32.5. The first-order chi connectivity index (χ1) is 26.7. The van der Waals surface area contributed by atoms with Gasteiger partial charge in [0.25, 0.3) is 0 Å². The van der Waals surface area contributed by atoms with Crippen molar-refractivity contribution < 1.29 is 9.13 Å². The summed E-state index contributed by atoms with van der Waals surface area (Å²) in [6.07, 6.45) is 6.65. The lowest BCUT2D eigenvalue weighted by Gasteiger charge is -2.29. The smallest absolute Gasteiger partial charge is 0.249 e. The number of benzene rings is 5. The first kappa shape index (κ1) is 31.5. The van der Waals surface area contributed by atoms with E-state index in [2.05, 4.69) is 169 Å². The second-order valence-corrected chi connectivity index (χ2v) is 18.2. The van der Waals surface area contributed by atoms with Crippen LogP contribution in [0.5, 0.6) is 0 Å². The number of hydrogen-bond donors (Lipinski definition) is 0. The highest BCUT2D eigenvalue weighted by Gasteiger charge is 2.47. The fourth-order valence-corrected chi connectivity index (χ4v) is 11.5. The number of aryl methyl sites for hydroxylation is 2. The molecule has 0 aliphatic carbocycles. The molecule has 0 N–H and O–H groups in total. The molecule has 2 unspecified atom stereocenters. The molecular weight excluding hydrogens is 687 g/mol. The number of hydrogen-bond acceptors (Lipinski definition) is 1. The number of aromatic nitrogens is 3. The van der Waals surface area contributed by atoms with Crippen LogP contribution in [0.4, 0.5) is 0 Å². The third-order valence-electron chi connectivity index (χ3n) is 12.9. The topological polar surface area (TPSA) is 12.2 Å². The molecule has 2 aliphatic rings. The highest BCUT2D eigenvalue weighted by Crippen LogP contribution is 2.50. The molecule has 55 heavy (non-hydrogen) atoms. The van der Waals surface area contributed by atoms with E-state index in [-0.39, 0.29) is 17.4 Å². The summed E-state index contributed by atoms with van der Waals surface area (Å²) >= 11 is 1.92. The van der Waals surface area contributed by atoms with Crippen molar-refractivity contribution >= 4 is 75.3 Å². The van der Waals surface area contributed by atoms with Crippen LogP contribution < -0.4 is 9.13 Å². The van der Waals surface area contributed by atoms with Crippen LogP contribution in [0.2, 0.25) is 0 Å². The maximum Gasteiger partial charge on any atom is 0.249 e. The lowest BCUT2D eigenvalue weighted by Crippen LogP contribution is -2.53. The quantitative estimate of drug-likeness (QED) is 0.138. The molecule has 0 radical (unpaired) electrons. The Morgan fingerprint density at radius 3 is 2.38 bits per heavy atom. The highest BCUT2D eigenvalue weighted by atomic mass is 32.1. The van der Waals surface area contributed by atoms with Gasteiger partial charge < -0.3 is 4.40 Å². The molecule has 0 spiro atoms. The van der Waals surface area contributed by atoms with Crippen molar-refractivity contribution in [1.82, 2.24) is 4.40 Å². The summed E-state index contributed by atoms with van der Waals surface area (Å²) in [6.45, 7) is 14.2. The Morgan fingerprint density at radius 1 is 0.709 bits per heavy atom. The van der Waals surface area contributed by atoms with Gasteiger partial charge in [0, 0.05) is 71.0 Å². The molecule has 0 saturated carbocycles. The molecule has 0 amide bonds. The van der Waals surface area contributed by atoms with E-state index < -0.39 is 0 Å². The maximum absolute atomic E-state index is 5.02. The van der Waals surface area contributed by atoms with Gasteiger partial charge in [0.05, 0.1) is 28.0 Å². The van der Waals surface area contributed by atoms with E-state index in [1.807, 2.05) is 11.3 Å². The Morgan fingerprint density at radius 2 is 1.51 bits per heavy atom. The van der Waals surface area contributed by atoms with Crippen LogP contribution in [0.25, 0.3) is 86.5 Å². The van der Waals surface area contributed by atoms with Gasteiger partial charge in [0.15, 0.2) is 12.4 Å². The summed E-state index contributed by atoms with van der Waals surface area (Å²) < 4.78 is 10.3. The molecule has 0 saturated heterocycles. The van der Waals surface area contributed by atoms with E-state index in [4.69, 9.17) is 6.58 Å². The van der Waals surface area contributed by atoms with Crippen LogP contribution in [0, 0.1) is 6.92 Å². The minimum Gasteiger partial charge on any atom is -0.308 e. The second kappa shape index (κ2) is 10.9. The highest BCUT2D eigenvalue weighted by molar-refractivity contribution is 7.26. The van der Waals surface area contributed by atoms with Gasteiger partial charge >= 0.3 is 0 Å². The van der Waals surface area contributed by atoms with Crippen molar-refractivity contribution in [3.05, 3.63) is 156 Å². The van der Waals surface area contributed by atoms with E-state index in [0.717, 1.165) is 18.5 Å². The standard InChI is InChI=1S/C51H41N3S/c1-29-18-21-41-34-13-7-6-12-33(34)36-20-19-31-24-44-40(26-38(31)43-25-32(51(3,4)5)22-23-52(43)30(2)49(36)53(41)28-29)48-47-37-15-9-11-17-45(37)55-46(47)27-39-35-14-8-10-16-42(35)54(44)50(39)48/h6-18,21-28,36,49H,2,19-20H2,1,3-5H3/q+2. The third-order valence-corrected chi connectivity index (χ3v) is 14.1. The van der Waals surface area contributed by atoms with E-state index in [0.29, 0.717) is 0 Å². The van der Waals surface area contributed by atoms with E-state index in [1.54, 1.807) is 0 Å². The lowest BCUT2D eigenvalue weighted by molar-refractivity contribution is -0.727. The average Bonchev–Trinajstić information content (AvgIpc) is 3.85. The molecular formula is C51H41N3S+2. The van der Waals surface area contributed by atoms with Gasteiger partial charge in [-0.25, -0.2) is 0 Å². The Balaban J connectivity index is 1.22. The number of para-hydroxylation sites is 1. The fraction of sp³-hybridized carbons (Fsp3) is 0.176. The van der Waals surface area contributed by atoms with Crippen molar-refractivity contribution in [2.75, 3.05) is 0 Å². The molecule has 4 heteroatoms. The number of allylic oxidation sites excluding steroid dienone is 1. The Labute approximate surface area is 324 Å². The molecule has 5 aromatic heterocycles. The molecule has 5 aromatic carbocycles. The summed E-state index contributed by atoms with van der Waals surface area (Å²) in [5.74, 6) is 0.262. The Hall–Kier alpha value is -5.84. The number of thiophene rings is 1. The van der Waals surface area contributed by atoms with Crippen LogP contribution in [-0.4, -0.2) is 4.40 Å². The predicted molar refractivity (Wildman–Crippen MR) is 231 cm³/mol. The summed E-state index contributed by atoms with van der Waals surface area (Å²) in [5.41, 5.74) is 15.6. The predicted octanol–water partition coefficient (Wildman–Crippen LogP) is 12.5. The van der Waals surface area contributed by atoms with Gasteiger partial charge in [0.2, 0.25) is 23.1 Å². The van der Waals surface area contributed by atoms with Crippen molar-refractivity contribution in [2.45, 2.75) is 57.9 Å². The van der Waals surface area contributed by atoms with Crippen molar-refractivity contribution in [2.24, 2.45) is 0 Å². The first-order valence-electron chi connectivity index (χ1n) is 19.7. The molecule has 2 atom stereocenters. The molecule has 0 fully saturated rings. The Kier molecular flexibility index (Phi) is 6.24. The van der Waals surface area contributed by atoms with E-state index >= 15 is 0 Å². The second-order valence-electron chi connectivity index (χ2n) is 17.1. The zero-order chi connectivity index (χ0) is 36.9. The molecule has 12 rings (SSSR count). The third kappa shape index (κ3) is 4.21. The summed E-state index contributed by atoms with van der Waals surface area (Å²) in [7, 11) is 0. The van der Waals surface area contributed by atoms with Crippen molar-refractivity contribution in [1.29, 1.82) is 0 Å². The van der Waals surface area contributed by atoms with Crippen molar-refractivity contribution in [3.63, 3.8) is 0 Å². The molecule has 10 aromatic rings. The van der Waals surface area contributed by atoms with E-state index in [1.165, 1.54) is 103 Å². The van der Waals surface area contributed by atoms with Crippen LogP contribution in [0.15, 0.2) is 134 Å². The van der Waals surface area contributed by atoms with Crippen LogP contribution >= 0.6 is 11.3 Å². The average molecular weight is 728 g/mol. The van der Waals surface area contributed by atoms with Gasteiger partial charge in [-0.3, -0.25) is 0 Å². The monoisotopic (exact) mass is 727 g/mol. The minimum atomic E-state index is -0.0123. The number of fused-ring (bicyclic) bond motifs is 19. The fourth-order valence-electron chi connectivity index (χ4n) is 10.4. The largest absolute Gasteiger partial charge is 0.308 e. The summed E-state index contributed by atoms with van der Waals surface area (Å²) in [6, 6.07) is 44.1. The minimum absolute atomic E-state index is 0.0123. The van der Waals surface area contributed by atoms with Crippen LogP contribution in [0.3, 0.4) is 0 Å². The number of nitrogens with zero attached hydrogens (tertiary/aromatic N) is 3. The number of pyridine rings is 2. The van der Waals surface area contributed by atoms with Gasteiger partial charge in [-0.15, -0.1) is 11.3 Å². The van der Waals surface area contributed by atoms with Gasteiger partial charge in [-0.2, -0.15) is 9.13 Å². The van der Waals surface area contributed by atoms with Crippen LogP contribution in [-0.2, 0) is 11.8 Å². The van der Waals surface area contributed by atoms with E-state index in [9.17, 15) is 0 Å². The SMILES string of the molecule is C=C1C2C(CCc3cc4c(cc3-c3cc(C(C)(C)C)cc[n+]31)c1c3c(cc5c6ccccc6n4c51)sc1ccccc13)c1ccccc1-c1ccc(C)c[n+]12. The normalized spacial score (nSPS) is 17.0. The van der Waals surface area contributed by atoms with Crippen molar-refractivity contribution in [3.8, 4) is 22.5 Å². The number of rotatable bonds is 0. The van der Waals surface area contributed by atoms with Gasteiger partial charge in [0.1, 0.15) is 0 Å². The molecule has 0 bridgehead atoms. The van der Waals surface area contributed by atoms with Gasteiger partial charge in [-0.1, -0.05) is 75.4 Å². The molecule has 264 valence electrons. The first-order valence-corrected chi connectivity index (χ1v) is 20.5. The Bertz CT molecular complexity index is 3300. The maximum atomic E-state index is 5.02. The van der Waals surface area contributed by atoms with Gasteiger partial charge in [-0.05, 0) is 90.9 Å². The van der Waals surface area contributed by atoms with Crippen LogP contribution in [0.1, 0.15) is 61.4 Å². The summed E-state index contributed by atoms with van der Waals surface area (Å²) in [4.78, 5) is 0. The summed E-state index contributed by atoms with van der Waals surface area (Å²) in [5, 5.41) is 8.10. The lowest BCUT2D eigenvalue weighted by atomic mass is 9.78.